The molecule has 0 bridgehead atoms. The Balaban J connectivity index is 2.20. The lowest BCUT2D eigenvalue weighted by Gasteiger charge is -2.11. The first kappa shape index (κ1) is 14.2. The highest BCUT2D eigenvalue weighted by atomic mass is 35.5. The Hall–Kier alpha value is -2.20. The molecular weight excluding hydrogens is 278 g/mol. The van der Waals surface area contributed by atoms with Crippen LogP contribution >= 0.6 is 11.6 Å². The van der Waals surface area contributed by atoms with Crippen LogP contribution in [0.1, 0.15) is 11.1 Å². The van der Waals surface area contributed by atoms with Crippen molar-refractivity contribution >= 4 is 17.8 Å². The van der Waals surface area contributed by atoms with E-state index < -0.39 is 0 Å². The molecule has 0 spiro atoms. The van der Waals surface area contributed by atoms with E-state index >= 15 is 0 Å². The summed E-state index contributed by atoms with van der Waals surface area (Å²) in [6, 6.07) is 13.2. The predicted molar refractivity (Wildman–Crippen MR) is 78.2 cm³/mol. The zero-order valence-electron chi connectivity index (χ0n) is 10.9. The Morgan fingerprint density at radius 2 is 2.00 bits per heavy atom. The highest BCUT2D eigenvalue weighted by Crippen LogP contribution is 2.32. The third-order valence-electron chi connectivity index (χ3n) is 2.70. The van der Waals surface area contributed by atoms with Gasteiger partial charge in [-0.05, 0) is 11.6 Å². The Bertz CT molecular complexity index is 600. The fourth-order valence-corrected chi connectivity index (χ4v) is 2.08. The first-order chi connectivity index (χ1) is 9.74. The summed E-state index contributed by atoms with van der Waals surface area (Å²) in [4.78, 5) is 0. The van der Waals surface area contributed by atoms with Gasteiger partial charge in [0.15, 0.2) is 0 Å². The van der Waals surface area contributed by atoms with Crippen molar-refractivity contribution in [1.29, 1.82) is 0 Å². The van der Waals surface area contributed by atoms with E-state index in [0.29, 0.717) is 28.7 Å². The van der Waals surface area contributed by atoms with Gasteiger partial charge in [0.25, 0.3) is 0 Å². The molecule has 0 amide bonds. The fraction of sp³-hybridized carbons (Fsp3) is 0.133. The maximum atomic E-state index is 8.66. The van der Waals surface area contributed by atoms with E-state index in [4.69, 9.17) is 26.3 Å². The smallest absolute Gasteiger partial charge is 0.146 e. The summed E-state index contributed by atoms with van der Waals surface area (Å²) in [5, 5.41) is 12.1. The maximum absolute atomic E-state index is 8.66. The number of rotatable bonds is 5. The van der Waals surface area contributed by atoms with Gasteiger partial charge in [0, 0.05) is 11.6 Å². The third-order valence-corrected chi connectivity index (χ3v) is 2.98. The minimum atomic E-state index is 0.396. The topological polar surface area (TPSA) is 51.0 Å². The number of hydrogen-bond donors (Lipinski definition) is 1. The van der Waals surface area contributed by atoms with Crippen molar-refractivity contribution in [2.24, 2.45) is 5.16 Å². The zero-order valence-corrected chi connectivity index (χ0v) is 11.7. The van der Waals surface area contributed by atoms with Crippen LogP contribution in [0.3, 0.4) is 0 Å². The SMILES string of the molecule is COc1c(Cl)cc(OCc2ccccc2)cc1C=NO. The summed E-state index contributed by atoms with van der Waals surface area (Å²) in [6.07, 6.45) is 1.25. The molecule has 0 atom stereocenters. The Kier molecular flexibility index (Phi) is 4.85. The number of oxime groups is 1. The summed E-state index contributed by atoms with van der Waals surface area (Å²) in [7, 11) is 1.50. The number of ether oxygens (including phenoxy) is 2. The van der Waals surface area contributed by atoms with Gasteiger partial charge >= 0.3 is 0 Å². The number of hydrogen-bond acceptors (Lipinski definition) is 4. The van der Waals surface area contributed by atoms with Crippen molar-refractivity contribution < 1.29 is 14.7 Å². The van der Waals surface area contributed by atoms with Crippen LogP contribution in [0.25, 0.3) is 0 Å². The molecule has 0 unspecified atom stereocenters. The van der Waals surface area contributed by atoms with Gasteiger partial charge in [-0.25, -0.2) is 0 Å². The molecule has 5 heteroatoms. The second-order valence-electron chi connectivity index (χ2n) is 4.05. The highest BCUT2D eigenvalue weighted by molar-refractivity contribution is 6.32. The fourth-order valence-electron chi connectivity index (χ4n) is 1.79. The van der Waals surface area contributed by atoms with Crippen LogP contribution in [0.15, 0.2) is 47.6 Å². The van der Waals surface area contributed by atoms with E-state index in [2.05, 4.69) is 5.16 Å². The molecule has 4 nitrogen and oxygen atoms in total. The number of halogens is 1. The Labute approximate surface area is 122 Å². The molecule has 0 aliphatic heterocycles. The average Bonchev–Trinajstić information content (AvgIpc) is 2.46. The first-order valence-electron chi connectivity index (χ1n) is 5.96. The zero-order chi connectivity index (χ0) is 14.4. The first-order valence-corrected chi connectivity index (χ1v) is 6.34. The lowest BCUT2D eigenvalue weighted by atomic mass is 10.2. The van der Waals surface area contributed by atoms with Crippen molar-refractivity contribution in [3.63, 3.8) is 0 Å². The van der Waals surface area contributed by atoms with Crippen LogP contribution in [-0.2, 0) is 6.61 Å². The molecule has 0 aliphatic carbocycles. The van der Waals surface area contributed by atoms with Crippen molar-refractivity contribution in [3.8, 4) is 11.5 Å². The lowest BCUT2D eigenvalue weighted by Crippen LogP contribution is -1.98. The molecule has 1 N–H and O–H groups in total. The van der Waals surface area contributed by atoms with E-state index in [-0.39, 0.29) is 0 Å². The van der Waals surface area contributed by atoms with Crippen LogP contribution in [0, 0.1) is 0 Å². The maximum Gasteiger partial charge on any atom is 0.146 e. The van der Waals surface area contributed by atoms with Crippen LogP contribution in [0.2, 0.25) is 5.02 Å². The number of nitrogens with zero attached hydrogens (tertiary/aromatic N) is 1. The minimum Gasteiger partial charge on any atom is -0.494 e. The lowest BCUT2D eigenvalue weighted by molar-refractivity contribution is 0.305. The molecule has 0 aliphatic rings. The molecule has 0 radical (unpaired) electrons. The minimum absolute atomic E-state index is 0.396. The third kappa shape index (κ3) is 3.42. The van der Waals surface area contributed by atoms with Crippen molar-refractivity contribution in [2.45, 2.75) is 6.61 Å². The molecule has 0 fully saturated rings. The van der Waals surface area contributed by atoms with Crippen molar-refractivity contribution in [3.05, 3.63) is 58.6 Å². The normalized spacial score (nSPS) is 10.7. The van der Waals surface area contributed by atoms with Crippen LogP contribution < -0.4 is 9.47 Å². The monoisotopic (exact) mass is 291 g/mol. The summed E-state index contributed by atoms with van der Waals surface area (Å²) in [5.41, 5.74) is 1.60. The van der Waals surface area contributed by atoms with Crippen LogP contribution in [0.5, 0.6) is 11.5 Å². The molecule has 2 rings (SSSR count). The van der Waals surface area contributed by atoms with Crippen molar-refractivity contribution in [1.82, 2.24) is 0 Å². The van der Waals surface area contributed by atoms with Gasteiger partial charge < -0.3 is 14.7 Å². The molecule has 2 aromatic carbocycles. The molecule has 0 saturated heterocycles. The Morgan fingerprint density at radius 3 is 2.65 bits per heavy atom. The number of benzene rings is 2. The van der Waals surface area contributed by atoms with E-state index in [0.717, 1.165) is 5.56 Å². The highest BCUT2D eigenvalue weighted by Gasteiger charge is 2.10. The summed E-state index contributed by atoms with van der Waals surface area (Å²) < 4.78 is 10.8. The van der Waals surface area contributed by atoms with Gasteiger partial charge in [-0.15, -0.1) is 0 Å². The van der Waals surface area contributed by atoms with Gasteiger partial charge in [-0.1, -0.05) is 47.1 Å². The van der Waals surface area contributed by atoms with E-state index in [1.807, 2.05) is 30.3 Å². The standard InChI is InChI=1S/C15H14ClNO3/c1-19-15-12(9-17-18)7-13(8-14(15)16)20-10-11-5-3-2-4-6-11/h2-9,18H,10H2,1H3. The summed E-state index contributed by atoms with van der Waals surface area (Å²) in [5.74, 6) is 1.02. The Morgan fingerprint density at radius 1 is 1.25 bits per heavy atom. The van der Waals surface area contributed by atoms with Gasteiger partial charge in [0.2, 0.25) is 0 Å². The summed E-state index contributed by atoms with van der Waals surface area (Å²) in [6.45, 7) is 0.430. The molecule has 0 saturated carbocycles. The molecular formula is C15H14ClNO3. The molecule has 104 valence electrons. The van der Waals surface area contributed by atoms with E-state index in [9.17, 15) is 0 Å². The van der Waals surface area contributed by atoms with E-state index in [1.54, 1.807) is 12.1 Å². The van der Waals surface area contributed by atoms with Gasteiger partial charge in [-0.2, -0.15) is 0 Å². The second-order valence-corrected chi connectivity index (χ2v) is 4.45. The quantitative estimate of drug-likeness (QED) is 0.519. The van der Waals surface area contributed by atoms with Gasteiger partial charge in [-0.3, -0.25) is 0 Å². The second kappa shape index (κ2) is 6.82. The largest absolute Gasteiger partial charge is 0.494 e. The molecule has 0 heterocycles. The van der Waals surface area contributed by atoms with Gasteiger partial charge in [0.05, 0.1) is 18.3 Å². The number of methoxy groups -OCH3 is 1. The van der Waals surface area contributed by atoms with Crippen LogP contribution in [0.4, 0.5) is 0 Å². The van der Waals surface area contributed by atoms with E-state index in [1.165, 1.54) is 13.3 Å². The molecule has 20 heavy (non-hydrogen) atoms. The average molecular weight is 292 g/mol. The molecule has 2 aromatic rings. The predicted octanol–water partition coefficient (Wildman–Crippen LogP) is 3.74. The van der Waals surface area contributed by atoms with Crippen molar-refractivity contribution in [2.75, 3.05) is 7.11 Å². The van der Waals surface area contributed by atoms with Crippen LogP contribution in [-0.4, -0.2) is 18.5 Å². The molecule has 0 aromatic heterocycles. The summed E-state index contributed by atoms with van der Waals surface area (Å²) >= 11 is 6.10. The van der Waals surface area contributed by atoms with Gasteiger partial charge in [0.1, 0.15) is 18.1 Å².